The van der Waals surface area contributed by atoms with Gasteiger partial charge in [-0.2, -0.15) is 8.78 Å². The maximum Gasteiger partial charge on any atom is 0.330 e. The van der Waals surface area contributed by atoms with Gasteiger partial charge in [0.1, 0.15) is 12.6 Å². The normalized spacial score (nSPS) is 15.2. The van der Waals surface area contributed by atoms with Crippen molar-refractivity contribution in [2.45, 2.75) is 25.8 Å². The van der Waals surface area contributed by atoms with E-state index in [2.05, 4.69) is 10.1 Å². The zero-order chi connectivity index (χ0) is 26.7. The first-order valence-corrected chi connectivity index (χ1v) is 10.1. The number of hydrogen-bond acceptors (Lipinski definition) is 7. The van der Waals surface area contributed by atoms with E-state index in [0.717, 1.165) is 0 Å². The van der Waals surface area contributed by atoms with E-state index in [9.17, 15) is 45.9 Å². The molecule has 1 aliphatic rings. The summed E-state index contributed by atoms with van der Waals surface area (Å²) in [6.07, 6.45) is -0.121. The first-order chi connectivity index (χ1) is 17.0. The molecule has 0 aromatic heterocycles. The molecule has 190 valence electrons. The molecule has 3 rings (SSSR count). The third-order valence-electron chi connectivity index (χ3n) is 5.19. The number of hydrogen-bond donors (Lipinski definition) is 2. The third kappa shape index (κ3) is 5.01. The maximum absolute atomic E-state index is 13.8. The summed E-state index contributed by atoms with van der Waals surface area (Å²) in [6.45, 7) is 0.571. The van der Waals surface area contributed by atoms with Crippen LogP contribution in [0.1, 0.15) is 28.8 Å². The van der Waals surface area contributed by atoms with E-state index in [1.165, 1.54) is 25.1 Å². The molecule has 9 nitrogen and oxygen atoms in total. The van der Waals surface area contributed by atoms with E-state index in [0.29, 0.717) is 4.90 Å². The van der Waals surface area contributed by atoms with Crippen molar-refractivity contribution in [3.8, 4) is 5.75 Å². The molecular weight excluding hydrogens is 497 g/mol. The number of halogens is 5. The van der Waals surface area contributed by atoms with Gasteiger partial charge in [-0.3, -0.25) is 29.4 Å². The smallest absolute Gasteiger partial charge is 0.330 e. The molecule has 0 saturated carbocycles. The van der Waals surface area contributed by atoms with Crippen LogP contribution in [0.4, 0.5) is 27.6 Å². The Morgan fingerprint density at radius 2 is 1.69 bits per heavy atom. The van der Waals surface area contributed by atoms with Crippen LogP contribution in [0.5, 0.6) is 5.75 Å². The van der Waals surface area contributed by atoms with Crippen LogP contribution >= 0.6 is 0 Å². The molecule has 14 heteroatoms. The number of anilines is 1. The largest absolute Gasteiger partial charge is 0.419 e. The third-order valence-corrected chi connectivity index (χ3v) is 5.19. The Bertz CT molecular complexity index is 1260. The van der Waals surface area contributed by atoms with Gasteiger partial charge >= 0.3 is 5.97 Å². The van der Waals surface area contributed by atoms with Crippen LogP contribution in [-0.4, -0.2) is 47.6 Å². The van der Waals surface area contributed by atoms with Gasteiger partial charge in [0.2, 0.25) is 53.1 Å². The van der Waals surface area contributed by atoms with Gasteiger partial charge in [0.15, 0.2) is 0 Å². The molecule has 2 N–H and O–H groups in total. The molecule has 1 unspecified atom stereocenters. The number of nitrogens with zero attached hydrogens (tertiary/aromatic N) is 1. The number of ether oxygens (including phenoxy) is 1. The highest BCUT2D eigenvalue weighted by molar-refractivity contribution is 6.09. The van der Waals surface area contributed by atoms with Gasteiger partial charge in [-0.15, -0.1) is 0 Å². The predicted octanol–water partition coefficient (Wildman–Crippen LogP) is 2.11. The van der Waals surface area contributed by atoms with E-state index < -0.39 is 71.1 Å². The molecule has 36 heavy (non-hydrogen) atoms. The van der Waals surface area contributed by atoms with Crippen molar-refractivity contribution in [1.29, 1.82) is 0 Å². The minimum Gasteiger partial charge on any atom is -0.419 e. The number of amides is 4. The van der Waals surface area contributed by atoms with Crippen LogP contribution < -0.4 is 15.4 Å². The average Bonchev–Trinajstić information content (AvgIpc) is 2.84. The van der Waals surface area contributed by atoms with Crippen molar-refractivity contribution < 1.29 is 50.7 Å². The van der Waals surface area contributed by atoms with Crippen LogP contribution in [0.2, 0.25) is 0 Å². The lowest BCUT2D eigenvalue weighted by molar-refractivity contribution is -0.139. The Kier molecular flexibility index (Phi) is 7.65. The Hall–Kier alpha value is -4.36. The van der Waals surface area contributed by atoms with Gasteiger partial charge in [0.05, 0.1) is 5.56 Å². The van der Waals surface area contributed by atoms with Crippen molar-refractivity contribution in [2.24, 2.45) is 0 Å². The monoisotopic (exact) mass is 513 g/mol. The van der Waals surface area contributed by atoms with Gasteiger partial charge in [-0.25, -0.2) is 18.0 Å². The van der Waals surface area contributed by atoms with Crippen molar-refractivity contribution in [2.75, 3.05) is 11.9 Å². The molecule has 0 bridgehead atoms. The van der Waals surface area contributed by atoms with Crippen LogP contribution in [0.3, 0.4) is 0 Å². The lowest BCUT2D eigenvalue weighted by atomic mass is 10.0. The van der Waals surface area contributed by atoms with Gasteiger partial charge in [-0.05, 0) is 25.0 Å². The first-order valence-electron chi connectivity index (χ1n) is 10.1. The molecule has 1 saturated heterocycles. The molecular formula is C22H16F5N3O6. The summed E-state index contributed by atoms with van der Waals surface area (Å²) in [5.74, 6) is -17.4. The van der Waals surface area contributed by atoms with E-state index in [1.54, 1.807) is 0 Å². The van der Waals surface area contributed by atoms with Crippen molar-refractivity contribution >= 4 is 35.8 Å². The fourth-order valence-electron chi connectivity index (χ4n) is 3.43. The Morgan fingerprint density at radius 1 is 1.08 bits per heavy atom. The second kappa shape index (κ2) is 10.5. The zero-order valence-electron chi connectivity index (χ0n) is 18.3. The zero-order valence-corrected chi connectivity index (χ0v) is 18.3. The number of esters is 1. The van der Waals surface area contributed by atoms with Crippen molar-refractivity contribution in [1.82, 2.24) is 10.2 Å². The number of carbonyl (C=O) groups is 5. The standard InChI is InChI=1S/C22H16F5N3O6/c1-9-3-2-4-10(14(9)22(35)30(8-31)11-5-6-12(32)29-21(11)34)28-7-13(33)36-20-18(26)16(24)15(23)17(25)19(20)27/h2-4,8,11,28H,5-7H2,1H3,(H,29,32,34). The van der Waals surface area contributed by atoms with Gasteiger partial charge in [0, 0.05) is 12.1 Å². The van der Waals surface area contributed by atoms with Crippen molar-refractivity contribution in [3.63, 3.8) is 0 Å². The lowest BCUT2D eigenvalue weighted by Crippen LogP contribution is -2.54. The minimum absolute atomic E-state index is 0.0755. The van der Waals surface area contributed by atoms with E-state index >= 15 is 0 Å². The molecule has 0 aliphatic carbocycles. The van der Waals surface area contributed by atoms with Crippen LogP contribution in [0.25, 0.3) is 0 Å². The number of benzene rings is 2. The Morgan fingerprint density at radius 3 is 2.28 bits per heavy atom. The van der Waals surface area contributed by atoms with Crippen molar-refractivity contribution in [3.05, 3.63) is 58.4 Å². The molecule has 4 amide bonds. The second-order valence-corrected chi connectivity index (χ2v) is 7.51. The predicted molar refractivity (Wildman–Crippen MR) is 110 cm³/mol. The summed E-state index contributed by atoms with van der Waals surface area (Å²) < 4.78 is 71.6. The molecule has 0 spiro atoms. The Balaban J connectivity index is 1.81. The molecule has 1 heterocycles. The quantitative estimate of drug-likeness (QED) is 0.111. The number of nitrogens with one attached hydrogen (secondary N) is 2. The molecule has 1 aliphatic heterocycles. The summed E-state index contributed by atoms with van der Waals surface area (Å²) in [6, 6.07) is 2.93. The van der Waals surface area contributed by atoms with E-state index in [4.69, 9.17) is 0 Å². The molecule has 2 aromatic carbocycles. The highest BCUT2D eigenvalue weighted by Gasteiger charge is 2.36. The fraction of sp³-hybridized carbons (Fsp3) is 0.227. The van der Waals surface area contributed by atoms with Crippen LogP contribution in [0, 0.1) is 36.0 Å². The summed E-state index contributed by atoms with van der Waals surface area (Å²) in [5.41, 5.74) is 0.0455. The Labute approximate surface area is 199 Å². The summed E-state index contributed by atoms with van der Waals surface area (Å²) in [7, 11) is 0. The molecule has 1 fully saturated rings. The SMILES string of the molecule is Cc1cccc(NCC(=O)Oc2c(F)c(F)c(F)c(F)c2F)c1C(=O)N(C=O)C1CCC(=O)NC1=O. The van der Waals surface area contributed by atoms with Gasteiger partial charge in [-0.1, -0.05) is 12.1 Å². The van der Waals surface area contributed by atoms with Crippen LogP contribution in [0.15, 0.2) is 18.2 Å². The lowest BCUT2D eigenvalue weighted by Gasteiger charge is -2.29. The van der Waals surface area contributed by atoms with E-state index in [1.807, 2.05) is 5.32 Å². The summed E-state index contributed by atoms with van der Waals surface area (Å²) >= 11 is 0. The average molecular weight is 513 g/mol. The first kappa shape index (κ1) is 26.2. The van der Waals surface area contributed by atoms with Gasteiger partial charge in [0.25, 0.3) is 5.91 Å². The van der Waals surface area contributed by atoms with Gasteiger partial charge < -0.3 is 10.1 Å². The summed E-state index contributed by atoms with van der Waals surface area (Å²) in [4.78, 5) is 60.9. The highest BCUT2D eigenvalue weighted by Crippen LogP contribution is 2.29. The number of piperidine rings is 1. The molecule has 0 radical (unpaired) electrons. The number of carbonyl (C=O) groups excluding carboxylic acids is 5. The topological polar surface area (TPSA) is 122 Å². The van der Waals surface area contributed by atoms with Crippen LogP contribution in [-0.2, 0) is 19.2 Å². The minimum atomic E-state index is -2.43. The number of rotatable bonds is 7. The van der Waals surface area contributed by atoms with E-state index in [-0.39, 0.29) is 36.1 Å². The summed E-state index contributed by atoms with van der Waals surface area (Å²) in [5, 5.41) is 4.45. The fourth-order valence-corrected chi connectivity index (χ4v) is 3.43. The number of aryl methyl sites for hydroxylation is 1. The molecule has 2 aromatic rings. The number of imide groups is 2. The highest BCUT2D eigenvalue weighted by atomic mass is 19.2. The second-order valence-electron chi connectivity index (χ2n) is 7.51. The maximum atomic E-state index is 13.8. The molecule has 1 atom stereocenters.